The Morgan fingerprint density at radius 1 is 1.19 bits per heavy atom. The molecule has 0 saturated heterocycles. The molecule has 1 aliphatic rings. The van der Waals surface area contributed by atoms with Crippen LogP contribution in [0.3, 0.4) is 0 Å². The number of aromatic nitrogens is 1. The predicted octanol–water partition coefficient (Wildman–Crippen LogP) is 5.75. The molecular formula is C26H27N3O3. The van der Waals surface area contributed by atoms with Crippen LogP contribution in [0.15, 0.2) is 48.7 Å². The van der Waals surface area contributed by atoms with E-state index in [1.54, 1.807) is 12.1 Å². The number of amides is 1. The molecule has 3 aromatic rings. The number of nitrogens with one attached hydrogen (secondary N) is 2. The molecule has 164 valence electrons. The van der Waals surface area contributed by atoms with Crippen molar-refractivity contribution in [2.45, 2.75) is 45.6 Å². The van der Waals surface area contributed by atoms with Crippen LogP contribution >= 0.6 is 0 Å². The first kappa shape index (κ1) is 21.6. The Balaban J connectivity index is 1.48. The van der Waals surface area contributed by atoms with Crippen molar-refractivity contribution in [2.75, 3.05) is 5.32 Å². The van der Waals surface area contributed by atoms with E-state index in [1.807, 2.05) is 43.5 Å². The maximum Gasteiger partial charge on any atom is 0.233 e. The first-order chi connectivity index (χ1) is 15.4. The highest BCUT2D eigenvalue weighted by Gasteiger charge is 2.39. The van der Waals surface area contributed by atoms with Crippen LogP contribution in [0, 0.1) is 18.4 Å². The van der Waals surface area contributed by atoms with Gasteiger partial charge in [0, 0.05) is 42.0 Å². The Hall–Kier alpha value is -3.59. The molecule has 0 aliphatic heterocycles. The molecule has 1 fully saturated rings. The Morgan fingerprint density at radius 2 is 1.94 bits per heavy atom. The lowest BCUT2D eigenvalue weighted by Crippen LogP contribution is -2.27. The molecule has 0 spiro atoms. The molecule has 6 nitrogen and oxygen atoms in total. The second kappa shape index (κ2) is 9.27. The van der Waals surface area contributed by atoms with E-state index in [0.717, 1.165) is 41.4 Å². The van der Waals surface area contributed by atoms with Gasteiger partial charge in [0.25, 0.3) is 0 Å². The largest absolute Gasteiger partial charge is 0.457 e. The van der Waals surface area contributed by atoms with Gasteiger partial charge < -0.3 is 19.9 Å². The third kappa shape index (κ3) is 4.67. The van der Waals surface area contributed by atoms with E-state index in [4.69, 9.17) is 11.3 Å². The average molecular weight is 430 g/mol. The molecule has 2 aromatic carbocycles. The number of ether oxygens (including phenoxy) is 1. The molecule has 1 aromatic heterocycles. The number of Topliss-reactive ketones (excluding diaryl/α,β-unsaturated/α-hetero) is 1. The van der Waals surface area contributed by atoms with Crippen LogP contribution in [0.25, 0.3) is 15.7 Å². The highest BCUT2D eigenvalue weighted by molar-refractivity contribution is 5.89. The highest BCUT2D eigenvalue weighted by atomic mass is 16.5. The van der Waals surface area contributed by atoms with Crippen LogP contribution in [-0.4, -0.2) is 22.7 Å². The third-order valence-corrected chi connectivity index (χ3v) is 6.17. The van der Waals surface area contributed by atoms with Gasteiger partial charge in [0.15, 0.2) is 0 Å². The van der Waals surface area contributed by atoms with Gasteiger partial charge in [-0.15, -0.1) is 0 Å². The lowest BCUT2D eigenvalue weighted by molar-refractivity contribution is -0.126. The number of nitrogens with zero attached hydrogens (tertiary/aromatic N) is 1. The van der Waals surface area contributed by atoms with Crippen LogP contribution in [0.1, 0.15) is 38.7 Å². The fraction of sp³-hybridized carbons (Fsp3) is 0.346. The topological polar surface area (TPSA) is 75.6 Å². The minimum atomic E-state index is -0.148. The average Bonchev–Trinajstić information content (AvgIpc) is 3.41. The normalized spacial score (nSPS) is 18.8. The predicted molar refractivity (Wildman–Crippen MR) is 125 cm³/mol. The molecule has 32 heavy (non-hydrogen) atoms. The second-order valence-corrected chi connectivity index (χ2v) is 8.57. The van der Waals surface area contributed by atoms with Crippen LogP contribution in [0.5, 0.6) is 11.5 Å². The summed E-state index contributed by atoms with van der Waals surface area (Å²) >= 11 is 0. The number of hydrogen-bond donors (Lipinski definition) is 2. The maximum atomic E-state index is 13.0. The summed E-state index contributed by atoms with van der Waals surface area (Å²) in [5.41, 5.74) is 2.78. The van der Waals surface area contributed by atoms with Crippen molar-refractivity contribution in [1.29, 1.82) is 0 Å². The van der Waals surface area contributed by atoms with Gasteiger partial charge in [0.1, 0.15) is 17.3 Å². The number of carbonyl (C=O) groups excluding carboxylic acids is 2. The Bertz CT molecular complexity index is 1170. The summed E-state index contributed by atoms with van der Waals surface area (Å²) in [7, 11) is 0. The number of aromatic amines is 1. The molecule has 1 unspecified atom stereocenters. The number of ketones is 1. The van der Waals surface area contributed by atoms with Gasteiger partial charge in [0.2, 0.25) is 11.9 Å². The molecule has 4 rings (SSSR count). The lowest BCUT2D eigenvalue weighted by atomic mass is 9.86. The minimum absolute atomic E-state index is 0.116. The third-order valence-electron chi connectivity index (χ3n) is 6.17. The van der Waals surface area contributed by atoms with Gasteiger partial charge in [-0.3, -0.25) is 9.59 Å². The monoisotopic (exact) mass is 429 g/mol. The molecule has 1 heterocycles. The highest BCUT2D eigenvalue weighted by Crippen LogP contribution is 2.33. The van der Waals surface area contributed by atoms with E-state index in [9.17, 15) is 9.59 Å². The maximum absolute atomic E-state index is 13.0. The SMILES string of the molecule is [C-]#[N+][C@@H]1CCCC1C(=O)[C@@H](C)Cc1c[nH]c2ccc(Oc3ccc(NC(C)=O)cc3)cc12. The van der Waals surface area contributed by atoms with Crippen LogP contribution in [0.2, 0.25) is 0 Å². The van der Waals surface area contributed by atoms with Crippen molar-refractivity contribution in [3.8, 4) is 11.5 Å². The zero-order valence-corrected chi connectivity index (χ0v) is 18.4. The summed E-state index contributed by atoms with van der Waals surface area (Å²) < 4.78 is 6.01. The summed E-state index contributed by atoms with van der Waals surface area (Å²) in [6, 6.07) is 12.9. The zero-order chi connectivity index (χ0) is 22.7. The minimum Gasteiger partial charge on any atom is -0.457 e. The molecule has 0 bridgehead atoms. The van der Waals surface area contributed by atoms with Gasteiger partial charge in [0.05, 0.1) is 5.92 Å². The Morgan fingerprint density at radius 3 is 2.66 bits per heavy atom. The molecule has 3 atom stereocenters. The summed E-state index contributed by atoms with van der Waals surface area (Å²) in [5.74, 6) is 1.22. The van der Waals surface area contributed by atoms with Gasteiger partial charge in [-0.05, 0) is 67.3 Å². The molecule has 0 radical (unpaired) electrons. The van der Waals surface area contributed by atoms with E-state index < -0.39 is 0 Å². The Labute approximate surface area is 187 Å². The lowest BCUT2D eigenvalue weighted by Gasteiger charge is -2.15. The summed E-state index contributed by atoms with van der Waals surface area (Å²) in [6.45, 7) is 10.8. The fourth-order valence-corrected chi connectivity index (χ4v) is 4.56. The smallest absolute Gasteiger partial charge is 0.233 e. The van der Waals surface area contributed by atoms with Gasteiger partial charge in [-0.1, -0.05) is 6.92 Å². The molecule has 1 saturated carbocycles. The van der Waals surface area contributed by atoms with E-state index in [0.29, 0.717) is 17.9 Å². The van der Waals surface area contributed by atoms with Crippen LogP contribution in [-0.2, 0) is 16.0 Å². The second-order valence-electron chi connectivity index (χ2n) is 8.57. The van der Waals surface area contributed by atoms with Crippen molar-refractivity contribution < 1.29 is 14.3 Å². The van der Waals surface area contributed by atoms with Crippen LogP contribution < -0.4 is 10.1 Å². The van der Waals surface area contributed by atoms with Gasteiger partial charge in [-0.25, -0.2) is 6.57 Å². The Kier molecular flexibility index (Phi) is 6.27. The van der Waals surface area contributed by atoms with Crippen molar-refractivity contribution in [2.24, 2.45) is 11.8 Å². The molecule has 1 aliphatic carbocycles. The van der Waals surface area contributed by atoms with Crippen molar-refractivity contribution in [3.63, 3.8) is 0 Å². The quantitative estimate of drug-likeness (QED) is 0.469. The number of fused-ring (bicyclic) bond motifs is 1. The number of benzene rings is 2. The van der Waals surface area contributed by atoms with Gasteiger partial charge in [-0.2, -0.15) is 0 Å². The van der Waals surface area contributed by atoms with Crippen molar-refractivity contribution in [1.82, 2.24) is 4.98 Å². The summed E-state index contributed by atoms with van der Waals surface area (Å²) in [6.07, 6.45) is 5.24. The molecule has 1 amide bonds. The number of hydrogen-bond acceptors (Lipinski definition) is 3. The van der Waals surface area contributed by atoms with E-state index in [2.05, 4.69) is 15.1 Å². The summed E-state index contributed by atoms with van der Waals surface area (Å²) in [5, 5.41) is 3.77. The van der Waals surface area contributed by atoms with E-state index in [-0.39, 0.29) is 29.6 Å². The van der Waals surface area contributed by atoms with Crippen molar-refractivity contribution >= 4 is 28.3 Å². The first-order valence-electron chi connectivity index (χ1n) is 11.0. The molecule has 6 heteroatoms. The zero-order valence-electron chi connectivity index (χ0n) is 18.4. The van der Waals surface area contributed by atoms with Gasteiger partial charge >= 0.3 is 0 Å². The van der Waals surface area contributed by atoms with Crippen LogP contribution in [0.4, 0.5) is 5.69 Å². The van der Waals surface area contributed by atoms with E-state index >= 15 is 0 Å². The first-order valence-corrected chi connectivity index (χ1v) is 11.0. The molecule has 2 N–H and O–H groups in total. The number of rotatable bonds is 7. The standard InChI is InChI=1S/C26H27N3O3/c1-16(26(31)22-5-4-6-24(22)27-3)13-18-15-28-25-12-11-21(14-23(18)25)32-20-9-7-19(8-10-20)29-17(2)30/h7-12,14-16,22,24,28H,4-6,13H2,1-2H3,(H,29,30)/t16-,22?,24+/m0/s1. The number of anilines is 1. The van der Waals surface area contributed by atoms with E-state index in [1.165, 1.54) is 6.92 Å². The summed E-state index contributed by atoms with van der Waals surface area (Å²) in [4.78, 5) is 31.1. The fourth-order valence-electron chi connectivity index (χ4n) is 4.56. The molecular weight excluding hydrogens is 402 g/mol. The number of H-pyrrole nitrogens is 1. The number of carbonyl (C=O) groups is 2. The van der Waals surface area contributed by atoms with Crippen molar-refractivity contribution in [3.05, 3.63) is 65.6 Å².